The van der Waals surface area contributed by atoms with Gasteiger partial charge in [0.25, 0.3) is 0 Å². The van der Waals surface area contributed by atoms with Gasteiger partial charge in [0.1, 0.15) is 0 Å². The van der Waals surface area contributed by atoms with Crippen molar-refractivity contribution in [1.29, 1.82) is 0 Å². The minimum absolute atomic E-state index is 0.0399. The highest BCUT2D eigenvalue weighted by atomic mass is 16.3. The van der Waals surface area contributed by atoms with E-state index in [0.717, 1.165) is 0 Å². The summed E-state index contributed by atoms with van der Waals surface area (Å²) in [7, 11) is 0. The van der Waals surface area contributed by atoms with Crippen molar-refractivity contribution in [3.63, 3.8) is 0 Å². The second kappa shape index (κ2) is 7.92. The van der Waals surface area contributed by atoms with Crippen molar-refractivity contribution in [2.75, 3.05) is 26.2 Å². The maximum absolute atomic E-state index is 11.6. The van der Waals surface area contributed by atoms with Crippen molar-refractivity contribution in [3.8, 4) is 0 Å². The molecule has 1 aliphatic heterocycles. The minimum Gasteiger partial charge on any atom is -0.396 e. The Hall–Kier alpha value is -1.39. The Kier molecular flexibility index (Phi) is 6.53. The summed E-state index contributed by atoms with van der Waals surface area (Å²) >= 11 is 0. The molecule has 0 aliphatic carbocycles. The number of rotatable bonds is 3. The maximum atomic E-state index is 11.6. The van der Waals surface area contributed by atoms with Gasteiger partial charge in [-0.2, -0.15) is 0 Å². The normalized spacial score (nSPS) is 21.8. The fraction of sp³-hybridized carbons (Fsp3) is 0.533. The molecule has 1 aromatic rings. The quantitative estimate of drug-likeness (QED) is 0.862. The molecule has 0 unspecified atom stereocenters. The SMILES string of the molecule is CC.NCC(=O)N1C[C@@H](CO)[C@H](c2ccccc2)C1. The van der Waals surface area contributed by atoms with E-state index in [1.165, 1.54) is 5.56 Å². The van der Waals surface area contributed by atoms with Crippen molar-refractivity contribution < 1.29 is 9.90 Å². The Labute approximate surface area is 115 Å². The number of likely N-dealkylation sites (tertiary alicyclic amines) is 1. The lowest BCUT2D eigenvalue weighted by Crippen LogP contribution is -2.34. The maximum Gasteiger partial charge on any atom is 0.236 e. The first-order valence-corrected chi connectivity index (χ1v) is 6.90. The fourth-order valence-electron chi connectivity index (χ4n) is 2.47. The van der Waals surface area contributed by atoms with E-state index in [4.69, 9.17) is 5.73 Å². The molecule has 106 valence electrons. The number of nitrogens with two attached hydrogens (primary N) is 1. The molecule has 0 bridgehead atoms. The Morgan fingerprint density at radius 2 is 1.95 bits per heavy atom. The topological polar surface area (TPSA) is 66.6 Å². The van der Waals surface area contributed by atoms with Crippen molar-refractivity contribution in [3.05, 3.63) is 35.9 Å². The van der Waals surface area contributed by atoms with Gasteiger partial charge in [0.2, 0.25) is 5.91 Å². The molecule has 1 saturated heterocycles. The summed E-state index contributed by atoms with van der Waals surface area (Å²) in [4.78, 5) is 13.3. The molecule has 1 aromatic carbocycles. The Bertz CT molecular complexity index is 381. The van der Waals surface area contributed by atoms with Crippen molar-refractivity contribution in [1.82, 2.24) is 4.90 Å². The van der Waals surface area contributed by atoms with Gasteiger partial charge in [0.15, 0.2) is 0 Å². The predicted octanol–water partition coefficient (Wildman–Crippen LogP) is 1.21. The molecule has 1 heterocycles. The van der Waals surface area contributed by atoms with E-state index in [1.54, 1.807) is 4.90 Å². The summed E-state index contributed by atoms with van der Waals surface area (Å²) in [6, 6.07) is 10.0. The van der Waals surface area contributed by atoms with Gasteiger partial charge in [-0.3, -0.25) is 4.79 Å². The van der Waals surface area contributed by atoms with Gasteiger partial charge in [0, 0.05) is 31.5 Å². The molecule has 0 aromatic heterocycles. The second-order valence-corrected chi connectivity index (χ2v) is 4.46. The number of aliphatic hydroxyl groups is 1. The number of carbonyl (C=O) groups excluding carboxylic acids is 1. The van der Waals surface area contributed by atoms with Crippen LogP contribution in [0.2, 0.25) is 0 Å². The zero-order valence-electron chi connectivity index (χ0n) is 11.7. The summed E-state index contributed by atoms with van der Waals surface area (Å²) < 4.78 is 0. The van der Waals surface area contributed by atoms with Crippen molar-refractivity contribution in [2.24, 2.45) is 11.7 Å². The van der Waals surface area contributed by atoms with E-state index in [0.29, 0.717) is 13.1 Å². The lowest BCUT2D eigenvalue weighted by molar-refractivity contribution is -0.128. The molecule has 2 rings (SSSR count). The van der Waals surface area contributed by atoms with E-state index >= 15 is 0 Å². The number of hydrogen-bond donors (Lipinski definition) is 2. The van der Waals surface area contributed by atoms with E-state index in [1.807, 2.05) is 44.2 Å². The zero-order chi connectivity index (χ0) is 14.3. The van der Waals surface area contributed by atoms with Crippen LogP contribution < -0.4 is 5.73 Å². The molecule has 4 nitrogen and oxygen atoms in total. The van der Waals surface area contributed by atoms with Gasteiger partial charge in [0.05, 0.1) is 6.54 Å². The number of carbonyl (C=O) groups is 1. The molecule has 19 heavy (non-hydrogen) atoms. The zero-order valence-corrected chi connectivity index (χ0v) is 11.7. The monoisotopic (exact) mass is 264 g/mol. The molecule has 1 fully saturated rings. The molecule has 3 N–H and O–H groups in total. The average molecular weight is 264 g/mol. The number of nitrogens with zero attached hydrogens (tertiary/aromatic N) is 1. The molecule has 2 atom stereocenters. The third kappa shape index (κ3) is 3.78. The van der Waals surface area contributed by atoms with E-state index < -0.39 is 0 Å². The highest BCUT2D eigenvalue weighted by Gasteiger charge is 2.34. The number of amides is 1. The molecule has 1 aliphatic rings. The Balaban J connectivity index is 0.000000861. The first kappa shape index (κ1) is 15.7. The minimum atomic E-state index is -0.0399. The van der Waals surface area contributed by atoms with Crippen LogP contribution in [0.25, 0.3) is 0 Å². The smallest absolute Gasteiger partial charge is 0.236 e. The molecule has 0 saturated carbocycles. The van der Waals surface area contributed by atoms with Crippen LogP contribution in [0, 0.1) is 5.92 Å². The van der Waals surface area contributed by atoms with Crippen molar-refractivity contribution in [2.45, 2.75) is 19.8 Å². The summed E-state index contributed by atoms with van der Waals surface area (Å²) in [6.45, 7) is 5.41. The molecule has 0 radical (unpaired) electrons. The summed E-state index contributed by atoms with van der Waals surface area (Å²) in [5, 5.41) is 9.40. The summed E-state index contributed by atoms with van der Waals surface area (Å²) in [5.74, 6) is 0.298. The molecular formula is C15H24N2O2. The van der Waals surface area contributed by atoms with Gasteiger partial charge in [-0.05, 0) is 5.56 Å². The van der Waals surface area contributed by atoms with Gasteiger partial charge in [-0.25, -0.2) is 0 Å². The van der Waals surface area contributed by atoms with E-state index in [-0.39, 0.29) is 30.9 Å². The standard InChI is InChI=1S/C13H18N2O2.C2H6/c14-6-13(17)15-7-11(9-16)12(8-15)10-4-2-1-3-5-10;1-2/h1-5,11-12,16H,6-9,14H2;1-2H3/t11-,12-;/m0./s1. The van der Waals surface area contributed by atoms with E-state index in [9.17, 15) is 9.90 Å². The van der Waals surface area contributed by atoms with Crippen LogP contribution in [-0.4, -0.2) is 42.2 Å². The first-order chi connectivity index (χ1) is 9.26. The summed E-state index contributed by atoms with van der Waals surface area (Å²) in [6.07, 6.45) is 0. The average Bonchev–Trinajstić information content (AvgIpc) is 2.93. The predicted molar refractivity (Wildman–Crippen MR) is 76.7 cm³/mol. The van der Waals surface area contributed by atoms with Crippen LogP contribution in [0.3, 0.4) is 0 Å². The Morgan fingerprint density at radius 3 is 2.47 bits per heavy atom. The van der Waals surface area contributed by atoms with Gasteiger partial charge in [-0.15, -0.1) is 0 Å². The fourth-order valence-corrected chi connectivity index (χ4v) is 2.47. The molecule has 4 heteroatoms. The summed E-state index contributed by atoms with van der Waals surface area (Å²) in [5.41, 5.74) is 6.55. The number of aliphatic hydroxyl groups excluding tert-OH is 1. The lowest BCUT2D eigenvalue weighted by Gasteiger charge is -2.16. The number of hydrogen-bond acceptors (Lipinski definition) is 3. The first-order valence-electron chi connectivity index (χ1n) is 6.90. The van der Waals surface area contributed by atoms with Crippen molar-refractivity contribution >= 4 is 5.91 Å². The van der Waals surface area contributed by atoms with Crippen LogP contribution in [0.4, 0.5) is 0 Å². The van der Waals surface area contributed by atoms with E-state index in [2.05, 4.69) is 0 Å². The van der Waals surface area contributed by atoms with Gasteiger partial charge >= 0.3 is 0 Å². The third-order valence-electron chi connectivity index (χ3n) is 3.43. The van der Waals surface area contributed by atoms with Crippen LogP contribution in [0.1, 0.15) is 25.3 Å². The third-order valence-corrected chi connectivity index (χ3v) is 3.43. The highest BCUT2D eigenvalue weighted by Crippen LogP contribution is 2.32. The number of benzene rings is 1. The highest BCUT2D eigenvalue weighted by molar-refractivity contribution is 5.78. The van der Waals surface area contributed by atoms with Gasteiger partial charge in [-0.1, -0.05) is 44.2 Å². The second-order valence-electron chi connectivity index (χ2n) is 4.46. The van der Waals surface area contributed by atoms with Gasteiger partial charge < -0.3 is 15.7 Å². The van der Waals surface area contributed by atoms with Crippen LogP contribution >= 0.6 is 0 Å². The largest absolute Gasteiger partial charge is 0.396 e. The molecule has 0 spiro atoms. The van der Waals surface area contributed by atoms with Crippen LogP contribution in [-0.2, 0) is 4.79 Å². The lowest BCUT2D eigenvalue weighted by atomic mass is 9.90. The molecular weight excluding hydrogens is 240 g/mol. The van der Waals surface area contributed by atoms with Crippen LogP contribution in [0.5, 0.6) is 0 Å². The van der Waals surface area contributed by atoms with Crippen LogP contribution in [0.15, 0.2) is 30.3 Å². The Morgan fingerprint density at radius 1 is 1.32 bits per heavy atom. The molecule has 1 amide bonds.